The summed E-state index contributed by atoms with van der Waals surface area (Å²) in [5.41, 5.74) is 0.902. The summed E-state index contributed by atoms with van der Waals surface area (Å²) in [6.07, 6.45) is 0. The first-order valence-electron chi connectivity index (χ1n) is 7.89. The van der Waals surface area contributed by atoms with Crippen molar-refractivity contribution in [2.75, 3.05) is 0 Å². The third-order valence-electron chi connectivity index (χ3n) is 3.79. The molecule has 0 bridgehead atoms. The SMILES string of the molecule is Cc1ccc(CN(Cc2nc(-c3ccc(Cl)cc3)no2)C(C)C)s1. The minimum atomic E-state index is 0.387. The van der Waals surface area contributed by atoms with E-state index in [-0.39, 0.29) is 0 Å². The van der Waals surface area contributed by atoms with Crippen molar-refractivity contribution in [1.29, 1.82) is 0 Å². The molecular formula is C18H20ClN3OS. The van der Waals surface area contributed by atoms with E-state index >= 15 is 0 Å². The molecule has 126 valence electrons. The van der Waals surface area contributed by atoms with Crippen molar-refractivity contribution in [3.63, 3.8) is 0 Å². The highest BCUT2D eigenvalue weighted by atomic mass is 35.5. The van der Waals surface area contributed by atoms with Crippen molar-refractivity contribution >= 4 is 22.9 Å². The van der Waals surface area contributed by atoms with E-state index in [1.807, 2.05) is 35.6 Å². The van der Waals surface area contributed by atoms with E-state index < -0.39 is 0 Å². The average Bonchev–Trinajstić information content (AvgIpc) is 3.17. The maximum absolute atomic E-state index is 5.92. The van der Waals surface area contributed by atoms with Crippen molar-refractivity contribution in [2.45, 2.75) is 39.9 Å². The van der Waals surface area contributed by atoms with Gasteiger partial charge >= 0.3 is 0 Å². The number of aromatic nitrogens is 2. The molecule has 0 amide bonds. The molecule has 0 saturated heterocycles. The Morgan fingerprint density at radius 1 is 1.12 bits per heavy atom. The fourth-order valence-electron chi connectivity index (χ4n) is 2.40. The van der Waals surface area contributed by atoms with Crippen LogP contribution in [0.1, 0.15) is 29.5 Å². The molecule has 0 atom stereocenters. The molecule has 0 spiro atoms. The van der Waals surface area contributed by atoms with Crippen molar-refractivity contribution in [3.05, 3.63) is 57.1 Å². The first kappa shape index (κ1) is 17.1. The van der Waals surface area contributed by atoms with Crippen LogP contribution in [-0.2, 0) is 13.1 Å². The zero-order chi connectivity index (χ0) is 17.1. The van der Waals surface area contributed by atoms with Gasteiger partial charge in [-0.15, -0.1) is 11.3 Å². The Morgan fingerprint density at radius 2 is 1.88 bits per heavy atom. The second-order valence-corrected chi connectivity index (χ2v) is 7.84. The van der Waals surface area contributed by atoms with Crippen molar-refractivity contribution < 1.29 is 4.52 Å². The van der Waals surface area contributed by atoms with Gasteiger partial charge in [-0.3, -0.25) is 4.90 Å². The number of rotatable bonds is 6. The van der Waals surface area contributed by atoms with Crippen molar-refractivity contribution in [1.82, 2.24) is 15.0 Å². The maximum atomic E-state index is 5.92. The van der Waals surface area contributed by atoms with Gasteiger partial charge < -0.3 is 4.52 Å². The lowest BCUT2D eigenvalue weighted by atomic mass is 10.2. The van der Waals surface area contributed by atoms with E-state index in [0.29, 0.717) is 29.3 Å². The summed E-state index contributed by atoms with van der Waals surface area (Å²) in [6.45, 7) is 8.00. The van der Waals surface area contributed by atoms with Crippen LogP contribution in [0, 0.1) is 6.92 Å². The highest BCUT2D eigenvalue weighted by molar-refractivity contribution is 7.11. The normalized spacial score (nSPS) is 11.6. The Kier molecular flexibility index (Phi) is 5.33. The van der Waals surface area contributed by atoms with Gasteiger partial charge in [0.25, 0.3) is 0 Å². The molecule has 24 heavy (non-hydrogen) atoms. The minimum Gasteiger partial charge on any atom is -0.338 e. The second kappa shape index (κ2) is 7.47. The maximum Gasteiger partial charge on any atom is 0.241 e. The zero-order valence-electron chi connectivity index (χ0n) is 14.0. The number of nitrogens with zero attached hydrogens (tertiary/aromatic N) is 3. The molecule has 1 aromatic carbocycles. The molecule has 4 nitrogen and oxygen atoms in total. The number of hydrogen-bond donors (Lipinski definition) is 0. The molecular weight excluding hydrogens is 342 g/mol. The van der Waals surface area contributed by atoms with Crippen LogP contribution in [0.25, 0.3) is 11.4 Å². The van der Waals surface area contributed by atoms with Crippen LogP contribution in [-0.4, -0.2) is 21.1 Å². The Balaban J connectivity index is 1.72. The summed E-state index contributed by atoms with van der Waals surface area (Å²) in [7, 11) is 0. The van der Waals surface area contributed by atoms with Gasteiger partial charge in [0.2, 0.25) is 11.7 Å². The van der Waals surface area contributed by atoms with Gasteiger partial charge in [0.1, 0.15) is 0 Å². The van der Waals surface area contributed by atoms with E-state index in [4.69, 9.17) is 16.1 Å². The summed E-state index contributed by atoms with van der Waals surface area (Å²) < 4.78 is 5.44. The Bertz CT molecular complexity index is 795. The van der Waals surface area contributed by atoms with Gasteiger partial charge in [-0.2, -0.15) is 4.98 Å². The van der Waals surface area contributed by atoms with Crippen molar-refractivity contribution in [3.8, 4) is 11.4 Å². The van der Waals surface area contributed by atoms with E-state index in [1.165, 1.54) is 9.75 Å². The van der Waals surface area contributed by atoms with Gasteiger partial charge in [0.15, 0.2) is 0 Å². The molecule has 0 aliphatic rings. The molecule has 0 N–H and O–H groups in total. The van der Waals surface area contributed by atoms with E-state index in [0.717, 1.165) is 12.1 Å². The van der Waals surface area contributed by atoms with Gasteiger partial charge in [0, 0.05) is 32.9 Å². The number of benzene rings is 1. The van der Waals surface area contributed by atoms with Crippen LogP contribution >= 0.6 is 22.9 Å². The van der Waals surface area contributed by atoms with E-state index in [2.05, 4.69) is 47.9 Å². The Morgan fingerprint density at radius 3 is 2.50 bits per heavy atom. The molecule has 0 saturated carbocycles. The fraction of sp³-hybridized carbons (Fsp3) is 0.333. The first-order valence-corrected chi connectivity index (χ1v) is 9.08. The van der Waals surface area contributed by atoms with Crippen LogP contribution in [0.5, 0.6) is 0 Å². The number of hydrogen-bond acceptors (Lipinski definition) is 5. The lowest BCUT2D eigenvalue weighted by Gasteiger charge is -2.23. The Hall–Kier alpha value is -1.69. The van der Waals surface area contributed by atoms with Crippen LogP contribution in [0.4, 0.5) is 0 Å². The highest BCUT2D eigenvalue weighted by Crippen LogP contribution is 2.22. The number of halogens is 1. The van der Waals surface area contributed by atoms with Gasteiger partial charge in [0.05, 0.1) is 6.54 Å². The predicted octanol–water partition coefficient (Wildman–Crippen LogP) is 5.17. The Labute approximate surface area is 151 Å². The monoisotopic (exact) mass is 361 g/mol. The highest BCUT2D eigenvalue weighted by Gasteiger charge is 2.16. The lowest BCUT2D eigenvalue weighted by molar-refractivity contribution is 0.178. The summed E-state index contributed by atoms with van der Waals surface area (Å²) in [5, 5.41) is 4.78. The topological polar surface area (TPSA) is 42.2 Å². The summed E-state index contributed by atoms with van der Waals surface area (Å²) >= 11 is 7.74. The smallest absolute Gasteiger partial charge is 0.241 e. The second-order valence-electron chi connectivity index (χ2n) is 6.03. The molecule has 2 aromatic heterocycles. The lowest BCUT2D eigenvalue weighted by Crippen LogP contribution is -2.29. The van der Waals surface area contributed by atoms with Gasteiger partial charge in [-0.25, -0.2) is 0 Å². The third-order valence-corrected chi connectivity index (χ3v) is 5.03. The molecule has 0 aliphatic carbocycles. The molecule has 0 fully saturated rings. The third kappa shape index (κ3) is 4.23. The summed E-state index contributed by atoms with van der Waals surface area (Å²) in [4.78, 5) is 9.52. The molecule has 2 heterocycles. The van der Waals surface area contributed by atoms with E-state index in [1.54, 1.807) is 0 Å². The molecule has 3 aromatic rings. The van der Waals surface area contributed by atoms with E-state index in [9.17, 15) is 0 Å². The van der Waals surface area contributed by atoms with Crippen LogP contribution < -0.4 is 0 Å². The zero-order valence-corrected chi connectivity index (χ0v) is 15.6. The van der Waals surface area contributed by atoms with Gasteiger partial charge in [-0.05, 0) is 57.2 Å². The molecule has 0 radical (unpaired) electrons. The van der Waals surface area contributed by atoms with Crippen molar-refractivity contribution in [2.24, 2.45) is 0 Å². The quantitative estimate of drug-likeness (QED) is 0.607. The number of aryl methyl sites for hydroxylation is 1. The standard InChI is InChI=1S/C18H20ClN3OS/c1-12(2)22(10-16-9-4-13(3)24-16)11-17-20-18(21-23-17)14-5-7-15(19)8-6-14/h4-9,12H,10-11H2,1-3H3. The summed E-state index contributed by atoms with van der Waals surface area (Å²) in [5.74, 6) is 1.22. The molecule has 3 rings (SSSR count). The molecule has 6 heteroatoms. The number of thiophene rings is 1. The van der Waals surface area contributed by atoms with Gasteiger partial charge in [-0.1, -0.05) is 16.8 Å². The molecule has 0 aliphatic heterocycles. The van der Waals surface area contributed by atoms with Crippen LogP contribution in [0.3, 0.4) is 0 Å². The van der Waals surface area contributed by atoms with Crippen LogP contribution in [0.2, 0.25) is 5.02 Å². The fourth-order valence-corrected chi connectivity index (χ4v) is 3.44. The average molecular weight is 362 g/mol. The largest absolute Gasteiger partial charge is 0.338 e. The predicted molar refractivity (Wildman–Crippen MR) is 98.2 cm³/mol. The van der Waals surface area contributed by atoms with Crippen LogP contribution in [0.15, 0.2) is 40.9 Å². The minimum absolute atomic E-state index is 0.387. The first-order chi connectivity index (χ1) is 11.5. The molecule has 0 unspecified atom stereocenters. The summed E-state index contributed by atoms with van der Waals surface area (Å²) in [6, 6.07) is 12.2.